The van der Waals surface area contributed by atoms with E-state index in [9.17, 15) is 4.79 Å². The normalized spacial score (nSPS) is 12.5. The second kappa shape index (κ2) is 3.99. The molecule has 2 nitrogen and oxygen atoms in total. The van der Waals surface area contributed by atoms with Crippen LogP contribution in [0.3, 0.4) is 0 Å². The number of Topliss-reactive ketones (excluding diaryl/α,β-unsaturated/α-hetero) is 1. The van der Waals surface area contributed by atoms with Gasteiger partial charge in [0, 0.05) is 5.56 Å². The highest BCUT2D eigenvalue weighted by atomic mass is 35.5. The van der Waals surface area contributed by atoms with Gasteiger partial charge in [-0.1, -0.05) is 11.6 Å². The van der Waals surface area contributed by atoms with Gasteiger partial charge >= 0.3 is 0 Å². The van der Waals surface area contributed by atoms with Crippen molar-refractivity contribution in [3.8, 4) is 0 Å². The predicted molar refractivity (Wildman–Crippen MR) is 55.5 cm³/mol. The molecule has 1 aromatic carbocycles. The molecule has 0 aliphatic carbocycles. The molecule has 0 amide bonds. The Labute approximate surface area is 86.6 Å². The summed E-state index contributed by atoms with van der Waals surface area (Å²) in [5.74, 6) is -0.148. The first-order valence-electron chi connectivity index (χ1n) is 3.75. The van der Waals surface area contributed by atoms with Gasteiger partial charge in [0.1, 0.15) is 0 Å². The van der Waals surface area contributed by atoms with Crippen molar-refractivity contribution in [1.29, 1.82) is 0 Å². The molecule has 0 radical (unpaired) electrons. The summed E-state index contributed by atoms with van der Waals surface area (Å²) in [6.45, 7) is 1.62. The van der Waals surface area contributed by atoms with E-state index in [0.29, 0.717) is 16.3 Å². The van der Waals surface area contributed by atoms with Crippen LogP contribution in [-0.2, 0) is 0 Å². The van der Waals surface area contributed by atoms with Gasteiger partial charge < -0.3 is 5.73 Å². The lowest BCUT2D eigenvalue weighted by atomic mass is 10.1. The quantitative estimate of drug-likeness (QED) is 0.471. The lowest BCUT2D eigenvalue weighted by molar-refractivity contribution is 0.0992. The predicted octanol–water partition coefficient (Wildman–Crippen LogP) is 2.73. The Hall–Kier alpha value is -0.730. The van der Waals surface area contributed by atoms with E-state index in [4.69, 9.17) is 28.9 Å². The molecule has 1 atom stereocenters. The van der Waals surface area contributed by atoms with E-state index in [1.165, 1.54) is 6.07 Å². The molecular formula is C9H9Cl2NO. The molecule has 1 rings (SSSR count). The van der Waals surface area contributed by atoms with Crippen LogP contribution in [0.25, 0.3) is 0 Å². The zero-order chi connectivity index (χ0) is 10.0. The van der Waals surface area contributed by atoms with Gasteiger partial charge in [-0.3, -0.25) is 4.79 Å². The number of carbonyl (C=O) groups excluding carboxylic acids is 1. The van der Waals surface area contributed by atoms with E-state index in [0.717, 1.165) is 0 Å². The van der Waals surface area contributed by atoms with Crippen LogP contribution in [0.4, 0.5) is 5.69 Å². The summed E-state index contributed by atoms with van der Waals surface area (Å²) in [5, 5.41) is -0.0978. The van der Waals surface area contributed by atoms with E-state index < -0.39 is 5.38 Å². The van der Waals surface area contributed by atoms with Crippen LogP contribution in [0.5, 0.6) is 0 Å². The molecule has 0 spiro atoms. The maximum Gasteiger partial charge on any atom is 0.180 e. The average molecular weight is 218 g/mol. The summed E-state index contributed by atoms with van der Waals surface area (Å²) in [4.78, 5) is 11.4. The van der Waals surface area contributed by atoms with Crippen LogP contribution in [-0.4, -0.2) is 11.2 Å². The molecule has 13 heavy (non-hydrogen) atoms. The van der Waals surface area contributed by atoms with Crippen molar-refractivity contribution in [2.75, 3.05) is 5.73 Å². The van der Waals surface area contributed by atoms with Gasteiger partial charge in [-0.2, -0.15) is 0 Å². The van der Waals surface area contributed by atoms with Gasteiger partial charge in [-0.05, 0) is 25.1 Å². The highest BCUT2D eigenvalue weighted by Gasteiger charge is 2.12. The molecule has 0 saturated heterocycles. The zero-order valence-corrected chi connectivity index (χ0v) is 8.56. The molecule has 0 aliphatic rings. The highest BCUT2D eigenvalue weighted by molar-refractivity contribution is 6.35. The Morgan fingerprint density at radius 1 is 1.54 bits per heavy atom. The van der Waals surface area contributed by atoms with Gasteiger partial charge in [-0.25, -0.2) is 0 Å². The molecule has 0 heterocycles. The standard InChI is InChI=1S/C9H9Cl2NO/c1-5(10)9(13)6-2-3-7(11)8(12)4-6/h2-5H,12H2,1H3. The van der Waals surface area contributed by atoms with Crippen molar-refractivity contribution in [2.24, 2.45) is 0 Å². The summed E-state index contributed by atoms with van der Waals surface area (Å²) in [6.07, 6.45) is 0. The van der Waals surface area contributed by atoms with E-state index in [-0.39, 0.29) is 5.78 Å². The van der Waals surface area contributed by atoms with E-state index in [2.05, 4.69) is 0 Å². The first-order valence-corrected chi connectivity index (χ1v) is 4.57. The number of hydrogen-bond acceptors (Lipinski definition) is 2. The number of nitrogen functional groups attached to an aromatic ring is 1. The monoisotopic (exact) mass is 217 g/mol. The molecule has 1 unspecified atom stereocenters. The van der Waals surface area contributed by atoms with E-state index >= 15 is 0 Å². The zero-order valence-electron chi connectivity index (χ0n) is 7.05. The lowest BCUT2D eigenvalue weighted by Gasteiger charge is -2.04. The maximum absolute atomic E-state index is 11.4. The fraction of sp³-hybridized carbons (Fsp3) is 0.222. The van der Waals surface area contributed by atoms with E-state index in [1.807, 2.05) is 0 Å². The minimum absolute atomic E-state index is 0.148. The van der Waals surface area contributed by atoms with Crippen molar-refractivity contribution in [1.82, 2.24) is 0 Å². The molecule has 0 aromatic heterocycles. The topological polar surface area (TPSA) is 43.1 Å². The Morgan fingerprint density at radius 3 is 2.62 bits per heavy atom. The number of ketones is 1. The molecule has 4 heteroatoms. The maximum atomic E-state index is 11.4. The number of hydrogen-bond donors (Lipinski definition) is 1. The third-order valence-corrected chi connectivity index (χ3v) is 2.18. The van der Waals surface area contributed by atoms with Crippen LogP contribution in [0.15, 0.2) is 18.2 Å². The van der Waals surface area contributed by atoms with Gasteiger partial charge in [0.15, 0.2) is 5.78 Å². The summed E-state index contributed by atoms with van der Waals surface area (Å²) in [7, 11) is 0. The molecule has 0 fully saturated rings. The molecule has 1 aromatic rings. The first-order chi connectivity index (χ1) is 6.02. The Kier molecular flexibility index (Phi) is 3.17. The van der Waals surface area contributed by atoms with Crippen LogP contribution >= 0.6 is 23.2 Å². The largest absolute Gasteiger partial charge is 0.398 e. The number of alkyl halides is 1. The van der Waals surface area contributed by atoms with Gasteiger partial charge in [0.25, 0.3) is 0 Å². The van der Waals surface area contributed by atoms with Crippen molar-refractivity contribution >= 4 is 34.7 Å². The third kappa shape index (κ3) is 2.36. The number of anilines is 1. The second-order valence-electron chi connectivity index (χ2n) is 2.72. The molecule has 0 bridgehead atoms. The van der Waals surface area contributed by atoms with E-state index in [1.54, 1.807) is 19.1 Å². The molecule has 70 valence electrons. The van der Waals surface area contributed by atoms with Crippen LogP contribution < -0.4 is 5.73 Å². The fourth-order valence-electron chi connectivity index (χ4n) is 0.927. The van der Waals surface area contributed by atoms with Crippen molar-refractivity contribution in [2.45, 2.75) is 12.3 Å². The SMILES string of the molecule is CC(Cl)C(=O)c1ccc(Cl)c(N)c1. The summed E-state index contributed by atoms with van der Waals surface area (Å²) in [6, 6.07) is 4.73. The van der Waals surface area contributed by atoms with Gasteiger partial charge in [0.2, 0.25) is 0 Å². The third-order valence-electron chi connectivity index (χ3n) is 1.64. The van der Waals surface area contributed by atoms with Crippen molar-refractivity contribution < 1.29 is 4.79 Å². The molecule has 0 saturated carbocycles. The van der Waals surface area contributed by atoms with Crippen molar-refractivity contribution in [3.05, 3.63) is 28.8 Å². The van der Waals surface area contributed by atoms with Crippen molar-refractivity contribution in [3.63, 3.8) is 0 Å². The van der Waals surface area contributed by atoms with Crippen LogP contribution in [0.1, 0.15) is 17.3 Å². The smallest absolute Gasteiger partial charge is 0.180 e. The second-order valence-corrected chi connectivity index (χ2v) is 3.78. The summed E-state index contributed by atoms with van der Waals surface area (Å²) >= 11 is 11.3. The number of nitrogens with two attached hydrogens (primary N) is 1. The summed E-state index contributed by atoms with van der Waals surface area (Å²) in [5.41, 5.74) is 6.41. The van der Waals surface area contributed by atoms with Gasteiger partial charge in [-0.15, -0.1) is 11.6 Å². The molecule has 0 aliphatic heterocycles. The lowest BCUT2D eigenvalue weighted by Crippen LogP contribution is -2.10. The Morgan fingerprint density at radius 2 is 2.15 bits per heavy atom. The fourth-order valence-corrected chi connectivity index (χ4v) is 1.17. The number of halogens is 2. The minimum atomic E-state index is -0.541. The van der Waals surface area contributed by atoms with Crippen LogP contribution in [0.2, 0.25) is 5.02 Å². The Balaban J connectivity index is 3.04. The number of rotatable bonds is 2. The highest BCUT2D eigenvalue weighted by Crippen LogP contribution is 2.20. The van der Waals surface area contributed by atoms with Crippen LogP contribution in [0, 0.1) is 0 Å². The number of benzene rings is 1. The first kappa shape index (κ1) is 10.4. The average Bonchev–Trinajstić information content (AvgIpc) is 2.08. The van der Waals surface area contributed by atoms with Gasteiger partial charge in [0.05, 0.1) is 16.1 Å². The minimum Gasteiger partial charge on any atom is -0.398 e. The number of carbonyl (C=O) groups is 1. The summed E-state index contributed by atoms with van der Waals surface area (Å²) < 4.78 is 0. The Bertz CT molecular complexity index is 336. The molecule has 2 N–H and O–H groups in total. The molecular weight excluding hydrogens is 209 g/mol.